The number of hydrogen-bond acceptors (Lipinski definition) is 5. The summed E-state index contributed by atoms with van der Waals surface area (Å²) in [5.74, 6) is 6.02. The smallest absolute Gasteiger partial charge is 0.268 e. The summed E-state index contributed by atoms with van der Waals surface area (Å²) in [6.07, 6.45) is 0. The van der Waals surface area contributed by atoms with Gasteiger partial charge in [-0.25, -0.2) is 5.84 Å². The van der Waals surface area contributed by atoms with Crippen LogP contribution in [0.5, 0.6) is 5.75 Å². The van der Waals surface area contributed by atoms with Gasteiger partial charge in [0.05, 0.1) is 12.2 Å². The van der Waals surface area contributed by atoms with Crippen molar-refractivity contribution < 1.29 is 9.53 Å². The van der Waals surface area contributed by atoms with Crippen molar-refractivity contribution in [3.8, 4) is 5.75 Å². The Morgan fingerprint density at radius 3 is 2.62 bits per heavy atom. The SMILES string of the molecule is NNC(=O)c1ccccc1OCCSc1ccccc1N. The Labute approximate surface area is 127 Å². The highest BCUT2D eigenvalue weighted by Gasteiger charge is 2.10. The van der Waals surface area contributed by atoms with E-state index < -0.39 is 0 Å². The molecule has 110 valence electrons. The summed E-state index contributed by atoms with van der Waals surface area (Å²) in [6, 6.07) is 14.7. The maximum absolute atomic E-state index is 11.6. The maximum atomic E-state index is 11.6. The first-order chi connectivity index (χ1) is 10.2. The monoisotopic (exact) mass is 303 g/mol. The van der Waals surface area contributed by atoms with Crippen LogP contribution in [0.25, 0.3) is 0 Å². The average Bonchev–Trinajstić information content (AvgIpc) is 2.52. The number of carbonyl (C=O) groups is 1. The van der Waals surface area contributed by atoms with E-state index in [2.05, 4.69) is 5.43 Å². The summed E-state index contributed by atoms with van der Waals surface area (Å²) in [5.41, 5.74) is 9.15. The third-order valence-electron chi connectivity index (χ3n) is 2.78. The molecule has 0 radical (unpaired) electrons. The first-order valence-corrected chi connectivity index (χ1v) is 7.41. The number of para-hydroxylation sites is 2. The van der Waals surface area contributed by atoms with Crippen LogP contribution in [0.15, 0.2) is 53.4 Å². The molecule has 0 fully saturated rings. The van der Waals surface area contributed by atoms with Crippen molar-refractivity contribution in [2.24, 2.45) is 5.84 Å². The molecular weight excluding hydrogens is 286 g/mol. The Kier molecular flexibility index (Phi) is 5.48. The van der Waals surface area contributed by atoms with Crippen LogP contribution in [0.4, 0.5) is 5.69 Å². The van der Waals surface area contributed by atoms with E-state index in [9.17, 15) is 4.79 Å². The van der Waals surface area contributed by atoms with E-state index in [1.807, 2.05) is 30.3 Å². The molecule has 0 bridgehead atoms. The van der Waals surface area contributed by atoms with Gasteiger partial charge in [-0.2, -0.15) is 0 Å². The highest BCUT2D eigenvalue weighted by Crippen LogP contribution is 2.24. The Morgan fingerprint density at radius 1 is 1.14 bits per heavy atom. The summed E-state index contributed by atoms with van der Waals surface area (Å²) in [7, 11) is 0. The van der Waals surface area contributed by atoms with E-state index in [4.69, 9.17) is 16.3 Å². The Morgan fingerprint density at radius 2 is 1.86 bits per heavy atom. The second-order valence-corrected chi connectivity index (χ2v) is 5.34. The Bertz CT molecular complexity index is 619. The molecule has 6 heteroatoms. The summed E-state index contributed by atoms with van der Waals surface area (Å²) in [5, 5.41) is 0. The Balaban J connectivity index is 1.90. The fourth-order valence-corrected chi connectivity index (χ4v) is 2.57. The number of rotatable bonds is 6. The lowest BCUT2D eigenvalue weighted by atomic mass is 10.2. The number of benzene rings is 2. The molecule has 0 spiro atoms. The number of hydrazine groups is 1. The van der Waals surface area contributed by atoms with E-state index >= 15 is 0 Å². The minimum Gasteiger partial charge on any atom is -0.492 e. The molecule has 5 N–H and O–H groups in total. The van der Waals surface area contributed by atoms with Gasteiger partial charge in [-0.1, -0.05) is 24.3 Å². The zero-order chi connectivity index (χ0) is 15.1. The molecule has 2 aromatic carbocycles. The lowest BCUT2D eigenvalue weighted by molar-refractivity contribution is 0.0950. The topological polar surface area (TPSA) is 90.4 Å². The lowest BCUT2D eigenvalue weighted by Crippen LogP contribution is -2.30. The number of nitrogens with two attached hydrogens (primary N) is 2. The lowest BCUT2D eigenvalue weighted by Gasteiger charge is -2.10. The maximum Gasteiger partial charge on any atom is 0.268 e. The molecule has 5 nitrogen and oxygen atoms in total. The zero-order valence-corrected chi connectivity index (χ0v) is 12.2. The number of amides is 1. The largest absolute Gasteiger partial charge is 0.492 e. The van der Waals surface area contributed by atoms with E-state index in [0.717, 1.165) is 16.3 Å². The summed E-state index contributed by atoms with van der Waals surface area (Å²) in [6.45, 7) is 0.466. The minimum absolute atomic E-state index is 0.370. The molecule has 2 aromatic rings. The van der Waals surface area contributed by atoms with Gasteiger partial charge in [-0.05, 0) is 24.3 Å². The Hall–Kier alpha value is -2.18. The van der Waals surface area contributed by atoms with Crippen LogP contribution < -0.4 is 21.7 Å². The molecule has 21 heavy (non-hydrogen) atoms. The van der Waals surface area contributed by atoms with E-state index in [1.54, 1.807) is 30.0 Å². The number of hydrogen-bond donors (Lipinski definition) is 3. The van der Waals surface area contributed by atoms with Gasteiger partial charge in [-0.15, -0.1) is 11.8 Å². The second kappa shape index (κ2) is 7.56. The average molecular weight is 303 g/mol. The molecule has 0 unspecified atom stereocenters. The van der Waals surface area contributed by atoms with Gasteiger partial charge in [0.25, 0.3) is 5.91 Å². The van der Waals surface area contributed by atoms with Crippen LogP contribution >= 0.6 is 11.8 Å². The van der Waals surface area contributed by atoms with Gasteiger partial charge in [-0.3, -0.25) is 10.2 Å². The summed E-state index contributed by atoms with van der Waals surface area (Å²) < 4.78 is 5.64. The molecule has 0 aliphatic heterocycles. The normalized spacial score (nSPS) is 10.1. The molecule has 0 saturated heterocycles. The minimum atomic E-state index is -0.370. The zero-order valence-electron chi connectivity index (χ0n) is 11.4. The summed E-state index contributed by atoms with van der Waals surface area (Å²) in [4.78, 5) is 12.6. The molecule has 0 heterocycles. The van der Waals surface area contributed by atoms with Gasteiger partial charge in [0.15, 0.2) is 0 Å². The highest BCUT2D eigenvalue weighted by molar-refractivity contribution is 7.99. The fourth-order valence-electron chi connectivity index (χ4n) is 1.77. The van der Waals surface area contributed by atoms with Crippen LogP contribution in [0.3, 0.4) is 0 Å². The number of thioether (sulfide) groups is 1. The van der Waals surface area contributed by atoms with E-state index in [1.165, 1.54) is 0 Å². The number of anilines is 1. The number of nitrogens with one attached hydrogen (secondary N) is 1. The molecule has 0 atom stereocenters. The van der Waals surface area contributed by atoms with E-state index in [-0.39, 0.29) is 5.91 Å². The number of nitrogen functional groups attached to an aromatic ring is 2. The van der Waals surface area contributed by atoms with Crippen LogP contribution in [0, 0.1) is 0 Å². The van der Waals surface area contributed by atoms with Crippen LogP contribution in [0.2, 0.25) is 0 Å². The number of carbonyl (C=O) groups excluding carboxylic acids is 1. The van der Waals surface area contributed by atoms with Gasteiger partial charge in [0, 0.05) is 16.3 Å². The fraction of sp³-hybridized carbons (Fsp3) is 0.133. The first-order valence-electron chi connectivity index (χ1n) is 6.42. The van der Waals surface area contributed by atoms with Crippen molar-refractivity contribution >= 4 is 23.4 Å². The van der Waals surface area contributed by atoms with Crippen LogP contribution in [-0.2, 0) is 0 Å². The van der Waals surface area contributed by atoms with Crippen molar-refractivity contribution in [2.45, 2.75) is 4.90 Å². The molecule has 0 aliphatic carbocycles. The van der Waals surface area contributed by atoms with Gasteiger partial charge < -0.3 is 10.5 Å². The molecule has 1 amide bonds. The number of ether oxygens (including phenoxy) is 1. The van der Waals surface area contributed by atoms with Crippen molar-refractivity contribution in [2.75, 3.05) is 18.1 Å². The van der Waals surface area contributed by atoms with Gasteiger partial charge in [0.1, 0.15) is 5.75 Å². The molecule has 0 saturated carbocycles. The quantitative estimate of drug-likeness (QED) is 0.190. The summed E-state index contributed by atoms with van der Waals surface area (Å²) >= 11 is 1.61. The van der Waals surface area contributed by atoms with Crippen molar-refractivity contribution in [1.29, 1.82) is 0 Å². The first kappa shape index (κ1) is 15.2. The standard InChI is InChI=1S/C15H17N3O2S/c16-12-6-2-4-8-14(12)21-10-9-20-13-7-3-1-5-11(13)15(19)18-17/h1-8H,9-10,16-17H2,(H,18,19). The third kappa shape index (κ3) is 4.14. The molecular formula is C15H17N3O2S. The van der Waals surface area contributed by atoms with E-state index in [0.29, 0.717) is 17.9 Å². The van der Waals surface area contributed by atoms with Crippen molar-refractivity contribution in [3.05, 3.63) is 54.1 Å². The predicted octanol–water partition coefficient (Wildman–Crippen LogP) is 2.04. The van der Waals surface area contributed by atoms with Gasteiger partial charge >= 0.3 is 0 Å². The van der Waals surface area contributed by atoms with Crippen molar-refractivity contribution in [3.63, 3.8) is 0 Å². The molecule has 2 rings (SSSR count). The third-order valence-corrected chi connectivity index (χ3v) is 3.83. The van der Waals surface area contributed by atoms with Crippen LogP contribution in [-0.4, -0.2) is 18.3 Å². The van der Waals surface area contributed by atoms with Crippen molar-refractivity contribution in [1.82, 2.24) is 5.43 Å². The van der Waals surface area contributed by atoms with Crippen LogP contribution in [0.1, 0.15) is 10.4 Å². The molecule has 0 aromatic heterocycles. The van der Waals surface area contributed by atoms with Gasteiger partial charge in [0.2, 0.25) is 0 Å². The second-order valence-electron chi connectivity index (χ2n) is 4.20. The highest BCUT2D eigenvalue weighted by atomic mass is 32.2. The predicted molar refractivity (Wildman–Crippen MR) is 85.2 cm³/mol. The molecule has 0 aliphatic rings.